The summed E-state index contributed by atoms with van der Waals surface area (Å²) in [5.41, 5.74) is 6.43. The van der Waals surface area contributed by atoms with E-state index in [-0.39, 0.29) is 22.8 Å². The number of hydrogen-bond acceptors (Lipinski definition) is 1. The van der Waals surface area contributed by atoms with Gasteiger partial charge in [0.25, 0.3) is 0 Å². The molecule has 2 N–H and O–H groups in total. The molecule has 0 fully saturated rings. The maximum atomic E-state index is 13.5. The van der Waals surface area contributed by atoms with Crippen molar-refractivity contribution in [2.75, 3.05) is 0 Å². The lowest BCUT2D eigenvalue weighted by molar-refractivity contribution is 0.439. The predicted octanol–water partition coefficient (Wildman–Crippen LogP) is 3.53. The highest BCUT2D eigenvalue weighted by Crippen LogP contribution is 2.27. The average Bonchev–Trinajstić information content (AvgIpc) is 2.20. The second-order valence-electron chi connectivity index (χ2n) is 3.55. The molecule has 0 aliphatic carbocycles. The summed E-state index contributed by atoms with van der Waals surface area (Å²) in [7, 11) is 0. The molecule has 2 atom stereocenters. The normalized spacial score (nSPS) is 15.2. The molecular formula is C11H15ClFN. The van der Waals surface area contributed by atoms with Gasteiger partial charge in [0, 0.05) is 11.6 Å². The van der Waals surface area contributed by atoms with Crippen molar-refractivity contribution in [3.05, 3.63) is 34.6 Å². The van der Waals surface area contributed by atoms with Crippen LogP contribution >= 0.6 is 11.6 Å². The Bertz CT molecular complexity index is 314. The number of hydrogen-bond donors (Lipinski definition) is 1. The summed E-state index contributed by atoms with van der Waals surface area (Å²) in [4.78, 5) is 0. The molecule has 0 radical (unpaired) electrons. The number of halogens is 2. The van der Waals surface area contributed by atoms with E-state index in [0.717, 1.165) is 6.42 Å². The summed E-state index contributed by atoms with van der Waals surface area (Å²) in [6.07, 6.45) is 0.924. The summed E-state index contributed by atoms with van der Waals surface area (Å²) in [5, 5.41) is 0.140. The molecule has 78 valence electrons. The first-order valence-electron chi connectivity index (χ1n) is 4.77. The number of benzene rings is 1. The minimum Gasteiger partial charge on any atom is -0.324 e. The van der Waals surface area contributed by atoms with Crippen LogP contribution in [-0.2, 0) is 0 Å². The monoisotopic (exact) mass is 215 g/mol. The van der Waals surface area contributed by atoms with Crippen molar-refractivity contribution in [2.45, 2.75) is 26.3 Å². The molecule has 1 nitrogen and oxygen atoms in total. The lowest BCUT2D eigenvalue weighted by atomic mass is 9.93. The van der Waals surface area contributed by atoms with Crippen LogP contribution in [0, 0.1) is 11.7 Å². The van der Waals surface area contributed by atoms with E-state index < -0.39 is 0 Å². The van der Waals surface area contributed by atoms with E-state index in [4.69, 9.17) is 17.3 Å². The third-order valence-electron chi connectivity index (χ3n) is 2.60. The van der Waals surface area contributed by atoms with Crippen molar-refractivity contribution in [1.29, 1.82) is 0 Å². The number of rotatable bonds is 3. The fourth-order valence-corrected chi connectivity index (χ4v) is 1.52. The van der Waals surface area contributed by atoms with Crippen LogP contribution in [0.1, 0.15) is 31.9 Å². The van der Waals surface area contributed by atoms with Crippen LogP contribution in [0.4, 0.5) is 4.39 Å². The van der Waals surface area contributed by atoms with Gasteiger partial charge in [-0.15, -0.1) is 0 Å². The summed E-state index contributed by atoms with van der Waals surface area (Å²) >= 11 is 5.68. The van der Waals surface area contributed by atoms with E-state index in [1.807, 2.05) is 13.8 Å². The molecule has 0 saturated carbocycles. The highest BCUT2D eigenvalue weighted by molar-refractivity contribution is 6.30. The molecule has 0 heterocycles. The van der Waals surface area contributed by atoms with Crippen molar-refractivity contribution in [2.24, 2.45) is 11.7 Å². The Morgan fingerprint density at radius 2 is 2.14 bits per heavy atom. The van der Waals surface area contributed by atoms with Gasteiger partial charge in [-0.3, -0.25) is 0 Å². The largest absolute Gasteiger partial charge is 0.324 e. The predicted molar refractivity (Wildman–Crippen MR) is 57.8 cm³/mol. The lowest BCUT2D eigenvalue weighted by Gasteiger charge is -2.19. The third kappa shape index (κ3) is 2.25. The van der Waals surface area contributed by atoms with Gasteiger partial charge < -0.3 is 5.73 Å². The maximum Gasteiger partial charge on any atom is 0.146 e. The van der Waals surface area contributed by atoms with Crippen LogP contribution < -0.4 is 5.73 Å². The van der Waals surface area contributed by atoms with E-state index >= 15 is 0 Å². The topological polar surface area (TPSA) is 26.0 Å². The second kappa shape index (κ2) is 4.76. The summed E-state index contributed by atoms with van der Waals surface area (Å²) < 4.78 is 13.5. The molecule has 0 aliphatic heterocycles. The first kappa shape index (κ1) is 11.5. The van der Waals surface area contributed by atoms with Crippen molar-refractivity contribution in [3.63, 3.8) is 0 Å². The molecule has 3 heteroatoms. The molecule has 0 aliphatic rings. The molecule has 0 amide bonds. The van der Waals surface area contributed by atoms with Gasteiger partial charge in [-0.2, -0.15) is 0 Å². The second-order valence-corrected chi connectivity index (χ2v) is 3.96. The first-order valence-corrected chi connectivity index (χ1v) is 5.15. The van der Waals surface area contributed by atoms with E-state index in [1.165, 1.54) is 6.07 Å². The third-order valence-corrected chi connectivity index (χ3v) is 2.89. The molecule has 0 bridgehead atoms. The zero-order valence-electron chi connectivity index (χ0n) is 8.43. The molecule has 1 aromatic carbocycles. The van der Waals surface area contributed by atoms with Gasteiger partial charge in [0.15, 0.2) is 0 Å². The van der Waals surface area contributed by atoms with Gasteiger partial charge >= 0.3 is 0 Å². The molecule has 1 aromatic rings. The zero-order valence-corrected chi connectivity index (χ0v) is 9.18. The fourth-order valence-electron chi connectivity index (χ4n) is 1.34. The molecule has 1 rings (SSSR count). The molecular weight excluding hydrogens is 201 g/mol. The van der Waals surface area contributed by atoms with Crippen molar-refractivity contribution in [3.8, 4) is 0 Å². The highest BCUT2D eigenvalue weighted by Gasteiger charge is 2.18. The van der Waals surface area contributed by atoms with Gasteiger partial charge in [0.05, 0.1) is 5.02 Å². The van der Waals surface area contributed by atoms with E-state index in [0.29, 0.717) is 5.56 Å². The van der Waals surface area contributed by atoms with Crippen molar-refractivity contribution < 1.29 is 4.39 Å². The van der Waals surface area contributed by atoms with Crippen LogP contribution in [0.5, 0.6) is 0 Å². The molecule has 1 unspecified atom stereocenters. The Labute approximate surface area is 89.1 Å². The van der Waals surface area contributed by atoms with E-state index in [1.54, 1.807) is 12.1 Å². The van der Waals surface area contributed by atoms with Crippen LogP contribution in [-0.4, -0.2) is 0 Å². The summed E-state index contributed by atoms with van der Waals surface area (Å²) in [6.45, 7) is 4.04. The van der Waals surface area contributed by atoms with Gasteiger partial charge in [-0.25, -0.2) is 4.39 Å². The van der Waals surface area contributed by atoms with Crippen LogP contribution in [0.2, 0.25) is 5.02 Å². The van der Waals surface area contributed by atoms with Crippen LogP contribution in [0.3, 0.4) is 0 Å². The Kier molecular flexibility index (Phi) is 3.90. The quantitative estimate of drug-likeness (QED) is 0.820. The van der Waals surface area contributed by atoms with Gasteiger partial charge in [-0.05, 0) is 12.0 Å². The Balaban J connectivity index is 3.01. The molecule has 0 aromatic heterocycles. The van der Waals surface area contributed by atoms with Gasteiger partial charge in [-0.1, -0.05) is 44.0 Å². The fraction of sp³-hybridized carbons (Fsp3) is 0.455. The summed E-state index contributed by atoms with van der Waals surface area (Å²) in [5.74, 6) is -0.134. The van der Waals surface area contributed by atoms with E-state index in [9.17, 15) is 4.39 Å². The minimum atomic E-state index is -0.387. The zero-order chi connectivity index (χ0) is 10.7. The van der Waals surface area contributed by atoms with E-state index in [2.05, 4.69) is 0 Å². The van der Waals surface area contributed by atoms with Crippen molar-refractivity contribution in [1.82, 2.24) is 0 Å². The molecule has 14 heavy (non-hydrogen) atoms. The highest BCUT2D eigenvalue weighted by atomic mass is 35.5. The first-order chi connectivity index (χ1) is 6.57. The molecule has 0 spiro atoms. The average molecular weight is 216 g/mol. The smallest absolute Gasteiger partial charge is 0.146 e. The Morgan fingerprint density at radius 3 is 2.71 bits per heavy atom. The minimum absolute atomic E-state index is 0.140. The SMILES string of the molecule is CCC(C)[C@H](N)c1cccc(Cl)c1F. The van der Waals surface area contributed by atoms with Gasteiger partial charge in [0.2, 0.25) is 0 Å². The molecule has 0 saturated heterocycles. The Hall–Kier alpha value is -0.600. The van der Waals surface area contributed by atoms with Gasteiger partial charge in [0.1, 0.15) is 5.82 Å². The number of nitrogens with two attached hydrogens (primary N) is 1. The van der Waals surface area contributed by atoms with Crippen molar-refractivity contribution >= 4 is 11.6 Å². The van der Waals surface area contributed by atoms with Crippen LogP contribution in [0.15, 0.2) is 18.2 Å². The Morgan fingerprint density at radius 1 is 1.50 bits per heavy atom. The summed E-state index contributed by atoms with van der Waals surface area (Å²) in [6, 6.07) is 4.67. The standard InChI is InChI=1S/C11H15ClFN/c1-3-7(2)11(14)8-5-4-6-9(12)10(8)13/h4-7,11H,3,14H2,1-2H3/t7?,11-/m0/s1. The van der Waals surface area contributed by atoms with Crippen LogP contribution in [0.25, 0.3) is 0 Å². The maximum absolute atomic E-state index is 13.5. The lowest BCUT2D eigenvalue weighted by Crippen LogP contribution is -2.19.